The molecule has 94 valence electrons. The van der Waals surface area contributed by atoms with Crippen molar-refractivity contribution >= 4 is 32.7 Å². The van der Waals surface area contributed by atoms with E-state index < -0.39 is 0 Å². The highest BCUT2D eigenvalue weighted by Crippen LogP contribution is 2.27. The number of hydrogen-bond acceptors (Lipinski definition) is 4. The molecule has 2 aromatic rings. The number of halogens is 1. The van der Waals surface area contributed by atoms with Gasteiger partial charge >= 0.3 is 0 Å². The number of aromatic nitrogens is 2. The van der Waals surface area contributed by atoms with Crippen molar-refractivity contribution in [2.75, 3.05) is 18.0 Å². The molecule has 0 atom stereocenters. The third-order valence-electron chi connectivity index (χ3n) is 3.33. The van der Waals surface area contributed by atoms with Gasteiger partial charge in [0, 0.05) is 30.0 Å². The average Bonchev–Trinajstić information content (AvgIpc) is 2.38. The maximum atomic E-state index is 9.56. The van der Waals surface area contributed by atoms with Crippen LogP contribution >= 0.6 is 15.9 Å². The molecule has 0 radical (unpaired) electrons. The predicted molar refractivity (Wildman–Crippen MR) is 74.7 cm³/mol. The summed E-state index contributed by atoms with van der Waals surface area (Å²) < 4.78 is 0.939. The Hall–Kier alpha value is -1.20. The van der Waals surface area contributed by atoms with E-state index in [2.05, 4.69) is 30.8 Å². The highest BCUT2D eigenvalue weighted by molar-refractivity contribution is 9.10. The summed E-state index contributed by atoms with van der Waals surface area (Å²) in [7, 11) is 0. The predicted octanol–water partition coefficient (Wildman–Crippen LogP) is 2.35. The van der Waals surface area contributed by atoms with Gasteiger partial charge in [0.1, 0.15) is 5.52 Å². The first-order valence-corrected chi connectivity index (χ1v) is 6.86. The fraction of sp³-hybridized carbons (Fsp3) is 0.385. The standard InChI is InChI=1S/C13H14BrN3O/c14-9-7-11-13(16-8-9)12(1-4-15-11)17-5-2-10(18)3-6-17/h1,4,7-8,10,18H,2-3,5-6H2. The molecule has 0 aromatic carbocycles. The second-order valence-corrected chi connectivity index (χ2v) is 5.49. The smallest absolute Gasteiger partial charge is 0.112 e. The SMILES string of the molecule is OC1CCN(c2ccnc3cc(Br)cnc23)CC1. The Morgan fingerprint density at radius 2 is 2.06 bits per heavy atom. The Balaban J connectivity index is 2.01. The third-order valence-corrected chi connectivity index (χ3v) is 3.76. The van der Waals surface area contributed by atoms with Crippen molar-refractivity contribution in [2.45, 2.75) is 18.9 Å². The van der Waals surface area contributed by atoms with E-state index in [1.165, 1.54) is 0 Å². The van der Waals surface area contributed by atoms with Crippen molar-refractivity contribution in [3.05, 3.63) is 29.0 Å². The van der Waals surface area contributed by atoms with Crippen LogP contribution in [0.15, 0.2) is 29.0 Å². The summed E-state index contributed by atoms with van der Waals surface area (Å²) in [6.45, 7) is 1.75. The van der Waals surface area contributed by atoms with Crippen molar-refractivity contribution in [3.63, 3.8) is 0 Å². The van der Waals surface area contributed by atoms with Crippen molar-refractivity contribution in [1.82, 2.24) is 9.97 Å². The summed E-state index contributed by atoms with van der Waals surface area (Å²) in [5.41, 5.74) is 2.93. The molecule has 0 saturated carbocycles. The first kappa shape index (κ1) is 11.9. The summed E-state index contributed by atoms with van der Waals surface area (Å²) in [5, 5.41) is 9.56. The molecule has 0 unspecified atom stereocenters. The topological polar surface area (TPSA) is 49.2 Å². The molecule has 1 saturated heterocycles. The number of pyridine rings is 2. The second kappa shape index (κ2) is 4.82. The number of anilines is 1. The number of piperidine rings is 1. The van der Waals surface area contributed by atoms with Crippen LogP contribution in [0.3, 0.4) is 0 Å². The lowest BCUT2D eigenvalue weighted by Gasteiger charge is -2.31. The Kier molecular flexibility index (Phi) is 3.18. The molecule has 1 aliphatic heterocycles. The minimum absolute atomic E-state index is 0.156. The largest absolute Gasteiger partial charge is 0.393 e. The third kappa shape index (κ3) is 2.20. The van der Waals surface area contributed by atoms with Gasteiger partial charge in [0.05, 0.1) is 17.3 Å². The Labute approximate surface area is 114 Å². The zero-order valence-electron chi connectivity index (χ0n) is 9.88. The molecule has 1 N–H and O–H groups in total. The zero-order chi connectivity index (χ0) is 12.5. The molecule has 1 fully saturated rings. The van der Waals surface area contributed by atoms with Crippen LogP contribution in [0.1, 0.15) is 12.8 Å². The molecule has 0 bridgehead atoms. The van der Waals surface area contributed by atoms with E-state index in [9.17, 15) is 5.11 Å². The van der Waals surface area contributed by atoms with Gasteiger partial charge in [-0.15, -0.1) is 0 Å². The molecule has 2 aromatic heterocycles. The molecule has 5 heteroatoms. The minimum atomic E-state index is -0.156. The van der Waals surface area contributed by atoms with Gasteiger partial charge < -0.3 is 10.0 Å². The van der Waals surface area contributed by atoms with Crippen LogP contribution in [0.4, 0.5) is 5.69 Å². The maximum absolute atomic E-state index is 9.56. The number of hydrogen-bond donors (Lipinski definition) is 1. The fourth-order valence-electron chi connectivity index (χ4n) is 2.35. The normalized spacial score (nSPS) is 17.3. The summed E-state index contributed by atoms with van der Waals surface area (Å²) in [5.74, 6) is 0. The summed E-state index contributed by atoms with van der Waals surface area (Å²) in [6, 6.07) is 3.98. The monoisotopic (exact) mass is 307 g/mol. The van der Waals surface area contributed by atoms with E-state index in [1.54, 1.807) is 6.20 Å². The molecule has 3 rings (SSSR count). The van der Waals surface area contributed by atoms with Crippen LogP contribution in [0, 0.1) is 0 Å². The lowest BCUT2D eigenvalue weighted by atomic mass is 10.1. The summed E-state index contributed by atoms with van der Waals surface area (Å²) >= 11 is 3.41. The zero-order valence-corrected chi connectivity index (χ0v) is 11.5. The Morgan fingerprint density at radius 1 is 1.28 bits per heavy atom. The van der Waals surface area contributed by atoms with Gasteiger partial charge in [0.25, 0.3) is 0 Å². The highest BCUT2D eigenvalue weighted by atomic mass is 79.9. The molecule has 4 nitrogen and oxygen atoms in total. The first-order valence-electron chi connectivity index (χ1n) is 6.07. The fourth-order valence-corrected chi connectivity index (χ4v) is 2.67. The molecule has 1 aliphatic rings. The molecular weight excluding hydrogens is 294 g/mol. The number of nitrogens with zero attached hydrogens (tertiary/aromatic N) is 3. The molecule has 3 heterocycles. The minimum Gasteiger partial charge on any atom is -0.393 e. The molecule has 0 aliphatic carbocycles. The number of rotatable bonds is 1. The van der Waals surface area contributed by atoms with E-state index >= 15 is 0 Å². The number of aliphatic hydroxyl groups excluding tert-OH is 1. The van der Waals surface area contributed by atoms with E-state index in [-0.39, 0.29) is 6.10 Å². The van der Waals surface area contributed by atoms with Crippen molar-refractivity contribution in [1.29, 1.82) is 0 Å². The van der Waals surface area contributed by atoms with Crippen LogP contribution in [-0.2, 0) is 0 Å². The summed E-state index contributed by atoms with van der Waals surface area (Å²) in [4.78, 5) is 11.1. The van der Waals surface area contributed by atoms with Gasteiger partial charge in [-0.25, -0.2) is 0 Å². The summed E-state index contributed by atoms with van der Waals surface area (Å²) in [6.07, 6.45) is 5.10. The van der Waals surface area contributed by atoms with E-state index in [0.717, 1.165) is 47.1 Å². The molecule has 0 spiro atoms. The van der Waals surface area contributed by atoms with E-state index in [0.29, 0.717) is 0 Å². The molecule has 0 amide bonds. The number of fused-ring (bicyclic) bond motifs is 1. The number of aliphatic hydroxyl groups is 1. The van der Waals surface area contributed by atoms with Crippen molar-refractivity contribution in [2.24, 2.45) is 0 Å². The van der Waals surface area contributed by atoms with Gasteiger partial charge in [-0.3, -0.25) is 9.97 Å². The Bertz CT molecular complexity index is 567. The van der Waals surface area contributed by atoms with Gasteiger partial charge in [0.2, 0.25) is 0 Å². The first-order chi connectivity index (χ1) is 8.74. The van der Waals surface area contributed by atoms with Crippen LogP contribution in [0.2, 0.25) is 0 Å². The van der Waals surface area contributed by atoms with Gasteiger partial charge in [-0.1, -0.05) is 0 Å². The lowest BCUT2D eigenvalue weighted by molar-refractivity contribution is 0.145. The highest BCUT2D eigenvalue weighted by Gasteiger charge is 2.19. The van der Waals surface area contributed by atoms with E-state index in [4.69, 9.17) is 0 Å². The van der Waals surface area contributed by atoms with Crippen LogP contribution in [0.5, 0.6) is 0 Å². The molecule has 18 heavy (non-hydrogen) atoms. The lowest BCUT2D eigenvalue weighted by Crippen LogP contribution is -2.35. The van der Waals surface area contributed by atoms with E-state index in [1.807, 2.05) is 18.3 Å². The van der Waals surface area contributed by atoms with Crippen molar-refractivity contribution < 1.29 is 5.11 Å². The van der Waals surface area contributed by atoms with Crippen molar-refractivity contribution in [3.8, 4) is 0 Å². The molecular formula is C13H14BrN3O. The van der Waals surface area contributed by atoms with Gasteiger partial charge in [0.15, 0.2) is 0 Å². The van der Waals surface area contributed by atoms with Gasteiger partial charge in [-0.05, 0) is 40.9 Å². The quantitative estimate of drug-likeness (QED) is 0.878. The van der Waals surface area contributed by atoms with Crippen LogP contribution in [0.25, 0.3) is 11.0 Å². The average molecular weight is 308 g/mol. The Morgan fingerprint density at radius 3 is 2.83 bits per heavy atom. The van der Waals surface area contributed by atoms with Crippen LogP contribution in [-0.4, -0.2) is 34.3 Å². The van der Waals surface area contributed by atoms with Gasteiger partial charge in [-0.2, -0.15) is 0 Å². The van der Waals surface area contributed by atoms with Crippen LogP contribution < -0.4 is 4.90 Å². The maximum Gasteiger partial charge on any atom is 0.112 e. The second-order valence-electron chi connectivity index (χ2n) is 4.57.